The number of nitrogens with zero attached hydrogens (tertiary/aromatic N) is 1. The van der Waals surface area contributed by atoms with Crippen LogP contribution in [0.3, 0.4) is 0 Å². The molecule has 1 atom stereocenters. The predicted octanol–water partition coefficient (Wildman–Crippen LogP) is 3.34. The Morgan fingerprint density at radius 1 is 1.21 bits per heavy atom. The van der Waals surface area contributed by atoms with Gasteiger partial charge in [0, 0.05) is 0 Å². The first-order valence-electron chi connectivity index (χ1n) is 5.99. The van der Waals surface area contributed by atoms with E-state index in [4.69, 9.17) is 0 Å². The number of aromatic nitrogens is 1. The molecule has 1 amide bonds. The molecule has 0 aliphatic carbocycles. The van der Waals surface area contributed by atoms with Gasteiger partial charge >= 0.3 is 0 Å². The molecule has 0 radical (unpaired) electrons. The van der Waals surface area contributed by atoms with Crippen LogP contribution in [-0.4, -0.2) is 10.9 Å². The minimum Gasteiger partial charge on any atom is -0.375 e. The largest absolute Gasteiger partial charge is 0.375 e. The van der Waals surface area contributed by atoms with Gasteiger partial charge in [-0.05, 0) is 27.6 Å². The third kappa shape index (κ3) is 2.61. The topological polar surface area (TPSA) is 54.0 Å². The molecule has 2 heterocycles. The van der Waals surface area contributed by atoms with Crippen molar-refractivity contribution in [2.24, 2.45) is 0 Å². The Kier molecular flexibility index (Phi) is 3.21. The second kappa shape index (κ2) is 5.01. The molecular formula is C14H12BrN3O. The van der Waals surface area contributed by atoms with Crippen LogP contribution < -0.4 is 10.6 Å². The maximum absolute atomic E-state index is 12.0. The molecule has 1 aromatic carbocycles. The minimum atomic E-state index is -0.0366. The highest BCUT2D eigenvalue weighted by atomic mass is 79.9. The average molecular weight is 318 g/mol. The van der Waals surface area contributed by atoms with Crippen molar-refractivity contribution in [3.05, 3.63) is 52.8 Å². The van der Waals surface area contributed by atoms with Gasteiger partial charge in [-0.3, -0.25) is 4.79 Å². The molecule has 5 heteroatoms. The van der Waals surface area contributed by atoms with Crippen molar-refractivity contribution >= 4 is 33.2 Å². The highest BCUT2D eigenvalue weighted by Gasteiger charge is 2.22. The van der Waals surface area contributed by atoms with Gasteiger partial charge in [-0.15, -0.1) is 0 Å². The van der Waals surface area contributed by atoms with Crippen molar-refractivity contribution in [2.45, 2.75) is 12.5 Å². The van der Waals surface area contributed by atoms with Gasteiger partial charge in [0.15, 0.2) is 0 Å². The second-order valence-corrected chi connectivity index (χ2v) is 5.22. The maximum Gasteiger partial charge on any atom is 0.226 e. The molecule has 2 aromatic rings. The Morgan fingerprint density at radius 3 is 2.79 bits per heavy atom. The number of pyridine rings is 1. The fourth-order valence-corrected chi connectivity index (χ4v) is 2.49. The quantitative estimate of drug-likeness (QED) is 0.793. The number of rotatable bonds is 1. The molecule has 1 aliphatic heterocycles. The summed E-state index contributed by atoms with van der Waals surface area (Å²) in [5, 5.41) is 6.26. The summed E-state index contributed by atoms with van der Waals surface area (Å²) < 4.78 is 0.700. The number of hydrogen-bond donors (Lipinski definition) is 2. The van der Waals surface area contributed by atoms with Gasteiger partial charge in [0.25, 0.3) is 0 Å². The lowest BCUT2D eigenvalue weighted by Gasteiger charge is -2.16. The summed E-state index contributed by atoms with van der Waals surface area (Å²) in [5.74, 6) is -0.00166. The Balaban J connectivity index is 1.98. The Labute approximate surface area is 119 Å². The smallest absolute Gasteiger partial charge is 0.226 e. The van der Waals surface area contributed by atoms with Gasteiger partial charge in [0.1, 0.15) is 4.60 Å². The number of carbonyl (C=O) groups is 1. The van der Waals surface area contributed by atoms with Crippen molar-refractivity contribution in [1.82, 2.24) is 4.98 Å². The molecule has 1 aliphatic rings. The number of hydrogen-bond acceptors (Lipinski definition) is 3. The van der Waals surface area contributed by atoms with Gasteiger partial charge < -0.3 is 10.6 Å². The summed E-state index contributed by atoms with van der Waals surface area (Å²) in [7, 11) is 0. The van der Waals surface area contributed by atoms with Crippen LogP contribution in [0.4, 0.5) is 11.4 Å². The van der Waals surface area contributed by atoms with E-state index in [0.717, 1.165) is 16.9 Å². The zero-order valence-electron chi connectivity index (χ0n) is 10.1. The van der Waals surface area contributed by atoms with E-state index >= 15 is 0 Å². The number of benzene rings is 1. The van der Waals surface area contributed by atoms with Crippen LogP contribution in [0, 0.1) is 0 Å². The van der Waals surface area contributed by atoms with E-state index in [-0.39, 0.29) is 11.9 Å². The zero-order chi connectivity index (χ0) is 13.2. The first kappa shape index (κ1) is 12.2. The number of fused-ring (bicyclic) bond motifs is 1. The van der Waals surface area contributed by atoms with Gasteiger partial charge in [-0.25, -0.2) is 4.98 Å². The summed E-state index contributed by atoms with van der Waals surface area (Å²) in [6.07, 6.45) is 2.12. The standard InChI is InChI=1S/C14H12BrN3O/c15-13-6-11-12(8-16-13)17-10(7-14(19)18-11)9-4-2-1-3-5-9/h1-6,8,10,17H,7H2,(H,18,19). The Bertz CT molecular complexity index is 615. The van der Waals surface area contributed by atoms with Crippen LogP contribution in [-0.2, 0) is 4.79 Å². The Hall–Kier alpha value is -1.88. The molecule has 3 rings (SSSR count). The summed E-state index contributed by atoms with van der Waals surface area (Å²) in [6, 6.07) is 11.7. The first-order chi connectivity index (χ1) is 9.22. The summed E-state index contributed by atoms with van der Waals surface area (Å²) in [6.45, 7) is 0. The maximum atomic E-state index is 12.0. The van der Waals surface area contributed by atoms with Gasteiger partial charge in [-0.2, -0.15) is 0 Å². The number of amides is 1. The van der Waals surface area contributed by atoms with E-state index in [1.165, 1.54) is 0 Å². The fraction of sp³-hybridized carbons (Fsp3) is 0.143. The molecule has 0 bridgehead atoms. The first-order valence-corrected chi connectivity index (χ1v) is 6.78. The van der Waals surface area contributed by atoms with Crippen molar-refractivity contribution in [2.75, 3.05) is 10.6 Å². The van der Waals surface area contributed by atoms with Gasteiger partial charge in [-0.1, -0.05) is 30.3 Å². The number of anilines is 2. The second-order valence-electron chi connectivity index (χ2n) is 4.41. The van der Waals surface area contributed by atoms with Crippen LogP contribution in [0.25, 0.3) is 0 Å². The van der Waals surface area contributed by atoms with Crippen molar-refractivity contribution in [3.8, 4) is 0 Å². The van der Waals surface area contributed by atoms with Gasteiger partial charge in [0.2, 0.25) is 5.91 Å². The number of halogens is 1. The molecule has 2 N–H and O–H groups in total. The highest BCUT2D eigenvalue weighted by molar-refractivity contribution is 9.10. The highest BCUT2D eigenvalue weighted by Crippen LogP contribution is 2.32. The summed E-state index contributed by atoms with van der Waals surface area (Å²) in [5.41, 5.74) is 2.68. The van der Waals surface area contributed by atoms with E-state index < -0.39 is 0 Å². The number of carbonyl (C=O) groups excluding carboxylic acids is 1. The third-order valence-corrected chi connectivity index (χ3v) is 3.50. The molecule has 4 nitrogen and oxygen atoms in total. The van der Waals surface area contributed by atoms with E-state index in [1.54, 1.807) is 12.3 Å². The lowest BCUT2D eigenvalue weighted by atomic mass is 10.0. The minimum absolute atomic E-state index is 0.00166. The van der Waals surface area contributed by atoms with Gasteiger partial charge in [0.05, 0.1) is 30.0 Å². The Morgan fingerprint density at radius 2 is 2.00 bits per heavy atom. The van der Waals surface area contributed by atoms with Crippen molar-refractivity contribution in [1.29, 1.82) is 0 Å². The molecule has 1 unspecified atom stereocenters. The van der Waals surface area contributed by atoms with Crippen molar-refractivity contribution < 1.29 is 4.79 Å². The van der Waals surface area contributed by atoms with Crippen LogP contribution in [0.15, 0.2) is 47.2 Å². The lowest BCUT2D eigenvalue weighted by Crippen LogP contribution is -2.15. The normalized spacial score (nSPS) is 17.9. The molecule has 0 saturated heterocycles. The van der Waals surface area contributed by atoms with Crippen LogP contribution >= 0.6 is 15.9 Å². The van der Waals surface area contributed by atoms with Crippen molar-refractivity contribution in [3.63, 3.8) is 0 Å². The molecule has 0 fully saturated rings. The molecule has 0 saturated carbocycles. The van der Waals surface area contributed by atoms with E-state index in [9.17, 15) is 4.79 Å². The fourth-order valence-electron chi connectivity index (χ4n) is 2.16. The van der Waals surface area contributed by atoms with E-state index in [1.807, 2.05) is 30.3 Å². The monoisotopic (exact) mass is 317 g/mol. The molecule has 96 valence electrons. The molecule has 1 aromatic heterocycles. The average Bonchev–Trinajstić information content (AvgIpc) is 2.57. The molecular weight excluding hydrogens is 306 g/mol. The molecule has 19 heavy (non-hydrogen) atoms. The van der Waals surface area contributed by atoms with E-state index in [0.29, 0.717) is 11.0 Å². The summed E-state index contributed by atoms with van der Waals surface area (Å²) >= 11 is 3.31. The van der Waals surface area contributed by atoms with Crippen LogP contribution in [0.2, 0.25) is 0 Å². The SMILES string of the molecule is O=C1CC(c2ccccc2)Nc2cnc(Br)cc2N1. The lowest BCUT2D eigenvalue weighted by molar-refractivity contribution is -0.116. The van der Waals surface area contributed by atoms with Crippen LogP contribution in [0.5, 0.6) is 0 Å². The summed E-state index contributed by atoms with van der Waals surface area (Å²) in [4.78, 5) is 16.1. The van der Waals surface area contributed by atoms with E-state index in [2.05, 4.69) is 31.5 Å². The predicted molar refractivity (Wildman–Crippen MR) is 78.0 cm³/mol. The molecule has 0 spiro atoms. The zero-order valence-corrected chi connectivity index (χ0v) is 11.6. The third-order valence-electron chi connectivity index (χ3n) is 3.07. The number of nitrogens with one attached hydrogen (secondary N) is 2. The van der Waals surface area contributed by atoms with Crippen LogP contribution in [0.1, 0.15) is 18.0 Å².